The first-order chi connectivity index (χ1) is 11.5. The van der Waals surface area contributed by atoms with E-state index in [1.807, 2.05) is 0 Å². The van der Waals surface area contributed by atoms with Gasteiger partial charge in [0.15, 0.2) is 5.82 Å². The summed E-state index contributed by atoms with van der Waals surface area (Å²) in [5.41, 5.74) is 1.41. The molecule has 1 unspecified atom stereocenters. The first-order valence-electron chi connectivity index (χ1n) is 7.11. The van der Waals surface area contributed by atoms with Crippen molar-refractivity contribution in [3.8, 4) is 11.4 Å². The fourth-order valence-electron chi connectivity index (χ4n) is 2.21. The zero-order chi connectivity index (χ0) is 17.1. The number of nitro groups is 1. The van der Waals surface area contributed by atoms with Crippen LogP contribution in [0.4, 0.5) is 5.69 Å². The smallest absolute Gasteiger partial charge is 0.269 e. The Morgan fingerprint density at radius 2 is 1.83 bits per heavy atom. The van der Waals surface area contributed by atoms with Gasteiger partial charge < -0.3 is 5.11 Å². The quantitative estimate of drug-likeness (QED) is 0.566. The van der Waals surface area contributed by atoms with E-state index in [1.54, 1.807) is 36.4 Å². The number of nitro benzene ring substituents is 1. The molecule has 7 nitrogen and oxygen atoms in total. The van der Waals surface area contributed by atoms with Crippen molar-refractivity contribution < 1.29 is 10.0 Å². The van der Waals surface area contributed by atoms with Crippen molar-refractivity contribution in [3.63, 3.8) is 0 Å². The average Bonchev–Trinajstić information content (AvgIpc) is 3.04. The number of benzene rings is 2. The largest absolute Gasteiger partial charge is 0.386 e. The highest BCUT2D eigenvalue weighted by Crippen LogP contribution is 2.21. The van der Waals surface area contributed by atoms with Crippen LogP contribution in [0.3, 0.4) is 0 Å². The normalized spacial score (nSPS) is 12.1. The highest BCUT2D eigenvalue weighted by atomic mass is 35.5. The van der Waals surface area contributed by atoms with Gasteiger partial charge in [-0.15, -0.1) is 0 Å². The van der Waals surface area contributed by atoms with Crippen LogP contribution in [0.25, 0.3) is 11.4 Å². The summed E-state index contributed by atoms with van der Waals surface area (Å²) in [6.45, 7) is 0.238. The molecule has 122 valence electrons. The summed E-state index contributed by atoms with van der Waals surface area (Å²) in [5, 5.41) is 25.8. The Morgan fingerprint density at radius 1 is 1.17 bits per heavy atom. The maximum atomic E-state index is 10.7. The summed E-state index contributed by atoms with van der Waals surface area (Å²) in [6, 6.07) is 12.9. The van der Waals surface area contributed by atoms with Crippen LogP contribution < -0.4 is 0 Å². The number of hydrogen-bond donors (Lipinski definition) is 1. The molecule has 0 aliphatic rings. The van der Waals surface area contributed by atoms with Crippen LogP contribution in [-0.4, -0.2) is 24.8 Å². The van der Waals surface area contributed by atoms with Crippen LogP contribution in [-0.2, 0) is 6.54 Å². The first-order valence-corrected chi connectivity index (χ1v) is 7.48. The molecule has 0 amide bonds. The molecule has 0 saturated heterocycles. The lowest BCUT2D eigenvalue weighted by Gasteiger charge is -2.10. The van der Waals surface area contributed by atoms with Crippen LogP contribution in [0, 0.1) is 10.1 Å². The van der Waals surface area contributed by atoms with Gasteiger partial charge >= 0.3 is 0 Å². The van der Waals surface area contributed by atoms with Gasteiger partial charge in [0.1, 0.15) is 6.33 Å². The fourth-order valence-corrected chi connectivity index (χ4v) is 2.34. The monoisotopic (exact) mass is 344 g/mol. The summed E-state index contributed by atoms with van der Waals surface area (Å²) in [6.07, 6.45) is 0.768. The molecule has 0 fully saturated rings. The topological polar surface area (TPSA) is 94.1 Å². The third kappa shape index (κ3) is 3.58. The first kappa shape index (κ1) is 16.1. The molecule has 3 aromatic rings. The van der Waals surface area contributed by atoms with Gasteiger partial charge in [0.25, 0.3) is 5.69 Å². The van der Waals surface area contributed by atoms with E-state index in [9.17, 15) is 15.2 Å². The van der Waals surface area contributed by atoms with E-state index in [0.717, 1.165) is 5.56 Å². The predicted octanol–water partition coefficient (Wildman–Crippen LogP) is 3.24. The summed E-state index contributed by atoms with van der Waals surface area (Å²) in [4.78, 5) is 14.4. The van der Waals surface area contributed by atoms with E-state index in [0.29, 0.717) is 16.4 Å². The molecule has 0 aliphatic carbocycles. The highest BCUT2D eigenvalue weighted by molar-refractivity contribution is 6.30. The van der Waals surface area contributed by atoms with Gasteiger partial charge in [0, 0.05) is 22.7 Å². The number of non-ortho nitro benzene ring substituents is 1. The van der Waals surface area contributed by atoms with Crippen molar-refractivity contribution in [2.75, 3.05) is 0 Å². The second-order valence-electron chi connectivity index (χ2n) is 5.16. The minimum atomic E-state index is -0.742. The van der Waals surface area contributed by atoms with Gasteiger partial charge in [0.05, 0.1) is 17.6 Å². The van der Waals surface area contributed by atoms with Gasteiger partial charge in [-0.2, -0.15) is 5.10 Å². The van der Waals surface area contributed by atoms with Crippen molar-refractivity contribution in [2.45, 2.75) is 12.6 Å². The Labute approximate surface area is 142 Å². The summed E-state index contributed by atoms with van der Waals surface area (Å²) in [7, 11) is 0. The Kier molecular flexibility index (Phi) is 4.54. The van der Waals surface area contributed by atoms with Crippen molar-refractivity contribution in [1.82, 2.24) is 14.8 Å². The molecule has 0 spiro atoms. The standard InChI is InChI=1S/C16H13ClN4O3/c17-13-5-1-11(2-6-13)15(22)9-20-10-18-16(19-20)12-3-7-14(8-4-12)21(23)24/h1-8,10,15,22H,9H2. The zero-order valence-electron chi connectivity index (χ0n) is 12.4. The van der Waals surface area contributed by atoms with Crippen LogP contribution in [0.1, 0.15) is 11.7 Å². The molecule has 0 aliphatic heterocycles. The molecule has 1 atom stereocenters. The second-order valence-corrected chi connectivity index (χ2v) is 5.60. The number of nitrogens with zero attached hydrogens (tertiary/aromatic N) is 4. The molecular weight excluding hydrogens is 332 g/mol. The number of rotatable bonds is 5. The summed E-state index contributed by atoms with van der Waals surface area (Å²) < 4.78 is 1.52. The fraction of sp³-hybridized carbons (Fsp3) is 0.125. The Morgan fingerprint density at radius 3 is 2.46 bits per heavy atom. The van der Waals surface area contributed by atoms with Crippen LogP contribution >= 0.6 is 11.6 Å². The van der Waals surface area contributed by atoms with Crippen LogP contribution in [0.5, 0.6) is 0 Å². The van der Waals surface area contributed by atoms with E-state index in [2.05, 4.69) is 10.1 Å². The lowest BCUT2D eigenvalue weighted by Crippen LogP contribution is -2.09. The minimum Gasteiger partial charge on any atom is -0.386 e. The van der Waals surface area contributed by atoms with Crippen LogP contribution in [0.2, 0.25) is 5.02 Å². The average molecular weight is 345 g/mol. The highest BCUT2D eigenvalue weighted by Gasteiger charge is 2.12. The number of aliphatic hydroxyl groups excluding tert-OH is 1. The lowest BCUT2D eigenvalue weighted by molar-refractivity contribution is -0.384. The third-order valence-electron chi connectivity index (χ3n) is 3.49. The molecule has 3 rings (SSSR count). The zero-order valence-corrected chi connectivity index (χ0v) is 13.2. The summed E-state index contributed by atoms with van der Waals surface area (Å²) in [5.74, 6) is 0.438. The van der Waals surface area contributed by atoms with Crippen molar-refractivity contribution in [1.29, 1.82) is 0 Å². The van der Waals surface area contributed by atoms with Gasteiger partial charge in [-0.3, -0.25) is 10.1 Å². The number of halogens is 1. The number of aromatic nitrogens is 3. The SMILES string of the molecule is O=[N+]([O-])c1ccc(-c2ncn(CC(O)c3ccc(Cl)cc3)n2)cc1. The molecule has 8 heteroatoms. The maximum absolute atomic E-state index is 10.7. The van der Waals surface area contributed by atoms with E-state index < -0.39 is 11.0 Å². The van der Waals surface area contributed by atoms with Crippen molar-refractivity contribution in [3.05, 3.63) is 75.6 Å². The van der Waals surface area contributed by atoms with Gasteiger partial charge in [-0.25, -0.2) is 9.67 Å². The van der Waals surface area contributed by atoms with E-state index in [-0.39, 0.29) is 12.2 Å². The molecule has 1 aromatic heterocycles. The molecule has 0 radical (unpaired) electrons. The molecule has 0 saturated carbocycles. The van der Waals surface area contributed by atoms with Gasteiger partial charge in [0.2, 0.25) is 0 Å². The molecule has 1 N–H and O–H groups in total. The third-order valence-corrected chi connectivity index (χ3v) is 3.74. The summed E-state index contributed by atoms with van der Waals surface area (Å²) >= 11 is 5.83. The minimum absolute atomic E-state index is 0.0105. The maximum Gasteiger partial charge on any atom is 0.269 e. The Balaban J connectivity index is 1.73. The molecule has 1 heterocycles. The molecule has 24 heavy (non-hydrogen) atoms. The van der Waals surface area contributed by atoms with E-state index in [1.165, 1.54) is 23.1 Å². The van der Waals surface area contributed by atoms with E-state index >= 15 is 0 Å². The van der Waals surface area contributed by atoms with E-state index in [4.69, 9.17) is 11.6 Å². The van der Waals surface area contributed by atoms with Crippen molar-refractivity contribution in [2.24, 2.45) is 0 Å². The number of aliphatic hydroxyl groups is 1. The number of hydrogen-bond acceptors (Lipinski definition) is 5. The lowest BCUT2D eigenvalue weighted by atomic mass is 10.1. The molecule has 2 aromatic carbocycles. The molecule has 0 bridgehead atoms. The van der Waals surface area contributed by atoms with Gasteiger partial charge in [-0.05, 0) is 29.8 Å². The molecular formula is C16H13ClN4O3. The Hall–Kier alpha value is -2.77. The Bertz CT molecular complexity index is 847. The van der Waals surface area contributed by atoms with Crippen LogP contribution in [0.15, 0.2) is 54.9 Å². The van der Waals surface area contributed by atoms with Crippen molar-refractivity contribution >= 4 is 17.3 Å². The van der Waals surface area contributed by atoms with Gasteiger partial charge in [-0.1, -0.05) is 23.7 Å². The predicted molar refractivity (Wildman–Crippen MR) is 88.5 cm³/mol. The second kappa shape index (κ2) is 6.77.